The number of carbonyl (C=O) groups is 1. The molecule has 0 bridgehead atoms. The molecule has 2 rings (SSSR count). The van der Waals surface area contributed by atoms with Gasteiger partial charge in [-0.25, -0.2) is 22.0 Å². The molecule has 0 radical (unpaired) electrons. The number of phenolic OH excluding ortho intramolecular Hbond substituents is 1. The highest BCUT2D eigenvalue weighted by Crippen LogP contribution is 2.29. The van der Waals surface area contributed by atoms with E-state index in [1.807, 2.05) is 0 Å². The molecule has 0 amide bonds. The summed E-state index contributed by atoms with van der Waals surface area (Å²) < 4.78 is 77.7. The number of ether oxygens (including phenoxy) is 2. The number of benzene rings is 2. The maximum atomic E-state index is 13.8. The molecular formula is C20H19F5O4. The first-order valence-corrected chi connectivity index (χ1v) is 8.57. The summed E-state index contributed by atoms with van der Waals surface area (Å²) in [4.78, 5) is 11.9. The largest absolute Gasteiger partial charge is 0.508 e. The zero-order chi connectivity index (χ0) is 21.9. The van der Waals surface area contributed by atoms with Gasteiger partial charge in [-0.1, -0.05) is 6.07 Å². The van der Waals surface area contributed by atoms with Crippen LogP contribution < -0.4 is 4.74 Å². The molecule has 4 nitrogen and oxygen atoms in total. The van der Waals surface area contributed by atoms with Crippen molar-refractivity contribution in [3.8, 4) is 11.5 Å². The number of hydrogen-bond donors (Lipinski definition) is 1. The standard InChI is InChI=1S/C20H19F5O4/c1-20(2,3)29-14(27)7-5-10-4-6-11(26)8-13(10)28-9-12-15(21)17(23)19(25)18(24)16(12)22/h4,6,8,26H,5,7,9H2,1-3H3. The number of aromatic hydroxyl groups is 1. The van der Waals surface area contributed by atoms with Crippen molar-refractivity contribution in [1.82, 2.24) is 0 Å². The van der Waals surface area contributed by atoms with Gasteiger partial charge >= 0.3 is 5.97 Å². The number of phenols is 1. The molecule has 2 aromatic rings. The van der Waals surface area contributed by atoms with Crippen LogP contribution >= 0.6 is 0 Å². The van der Waals surface area contributed by atoms with Gasteiger partial charge < -0.3 is 14.6 Å². The highest BCUT2D eigenvalue weighted by Gasteiger charge is 2.26. The van der Waals surface area contributed by atoms with Gasteiger partial charge in [0, 0.05) is 12.5 Å². The average molecular weight is 418 g/mol. The molecule has 1 N–H and O–H groups in total. The minimum Gasteiger partial charge on any atom is -0.508 e. The van der Waals surface area contributed by atoms with Crippen LogP contribution in [0.2, 0.25) is 0 Å². The van der Waals surface area contributed by atoms with Gasteiger partial charge in [0.2, 0.25) is 5.82 Å². The first-order valence-electron chi connectivity index (χ1n) is 8.57. The molecule has 0 aromatic heterocycles. The molecule has 0 unspecified atom stereocenters. The van der Waals surface area contributed by atoms with E-state index in [2.05, 4.69) is 0 Å². The minimum absolute atomic E-state index is 0.0546. The number of carbonyl (C=O) groups excluding carboxylic acids is 1. The van der Waals surface area contributed by atoms with Crippen molar-refractivity contribution in [2.45, 2.75) is 45.8 Å². The Morgan fingerprint density at radius 3 is 2.07 bits per heavy atom. The molecule has 0 fully saturated rings. The van der Waals surface area contributed by atoms with Crippen LogP contribution in [-0.2, 0) is 22.6 Å². The van der Waals surface area contributed by atoms with Crippen LogP contribution in [0.4, 0.5) is 22.0 Å². The zero-order valence-corrected chi connectivity index (χ0v) is 15.9. The van der Waals surface area contributed by atoms with E-state index in [1.54, 1.807) is 20.8 Å². The lowest BCUT2D eigenvalue weighted by Crippen LogP contribution is -2.24. The van der Waals surface area contributed by atoms with Crippen molar-refractivity contribution >= 4 is 5.97 Å². The summed E-state index contributed by atoms with van der Waals surface area (Å²) in [5, 5.41) is 9.61. The Bertz CT molecular complexity index is 893. The van der Waals surface area contributed by atoms with E-state index in [-0.39, 0.29) is 24.3 Å². The molecule has 0 aliphatic heterocycles. The number of hydrogen-bond acceptors (Lipinski definition) is 4. The Kier molecular flexibility index (Phi) is 6.71. The second-order valence-corrected chi connectivity index (χ2v) is 7.22. The summed E-state index contributed by atoms with van der Waals surface area (Å²) in [6.07, 6.45) is 0.0442. The SMILES string of the molecule is CC(C)(C)OC(=O)CCc1ccc(O)cc1OCc1c(F)c(F)c(F)c(F)c1F. The van der Waals surface area contributed by atoms with Crippen molar-refractivity contribution in [1.29, 1.82) is 0 Å². The van der Waals surface area contributed by atoms with Crippen molar-refractivity contribution in [2.24, 2.45) is 0 Å². The Morgan fingerprint density at radius 1 is 0.966 bits per heavy atom. The molecule has 0 atom stereocenters. The molecule has 0 saturated heterocycles. The van der Waals surface area contributed by atoms with E-state index in [0.29, 0.717) is 5.56 Å². The highest BCUT2D eigenvalue weighted by atomic mass is 19.2. The van der Waals surface area contributed by atoms with Crippen LogP contribution in [0, 0.1) is 29.1 Å². The van der Waals surface area contributed by atoms with E-state index in [1.165, 1.54) is 12.1 Å². The summed E-state index contributed by atoms with van der Waals surface area (Å²) in [5.74, 6) is -11.3. The van der Waals surface area contributed by atoms with Crippen LogP contribution in [0.15, 0.2) is 18.2 Å². The Labute approximate surface area is 163 Å². The molecule has 0 heterocycles. The zero-order valence-electron chi connectivity index (χ0n) is 15.9. The third-order valence-corrected chi connectivity index (χ3v) is 3.74. The van der Waals surface area contributed by atoms with Crippen molar-refractivity contribution in [3.63, 3.8) is 0 Å². The molecule has 2 aromatic carbocycles. The molecule has 29 heavy (non-hydrogen) atoms. The molecule has 0 aliphatic carbocycles. The van der Waals surface area contributed by atoms with Gasteiger partial charge in [0.05, 0.1) is 5.56 Å². The molecule has 0 saturated carbocycles. The quantitative estimate of drug-likeness (QED) is 0.313. The fourth-order valence-corrected chi connectivity index (χ4v) is 2.44. The Balaban J connectivity index is 2.20. The van der Waals surface area contributed by atoms with Gasteiger partial charge in [0.15, 0.2) is 23.3 Å². The van der Waals surface area contributed by atoms with Crippen LogP contribution in [0.3, 0.4) is 0 Å². The lowest BCUT2D eigenvalue weighted by Gasteiger charge is -2.19. The van der Waals surface area contributed by atoms with Gasteiger partial charge in [0.1, 0.15) is 23.7 Å². The van der Waals surface area contributed by atoms with Crippen LogP contribution in [-0.4, -0.2) is 16.7 Å². The average Bonchev–Trinajstić information content (AvgIpc) is 2.62. The van der Waals surface area contributed by atoms with Crippen LogP contribution in [0.25, 0.3) is 0 Å². The van der Waals surface area contributed by atoms with E-state index >= 15 is 0 Å². The molecule has 0 spiro atoms. The Morgan fingerprint density at radius 2 is 1.52 bits per heavy atom. The fraction of sp³-hybridized carbons (Fsp3) is 0.350. The summed E-state index contributed by atoms with van der Waals surface area (Å²) in [6, 6.07) is 3.82. The number of rotatable bonds is 6. The molecule has 158 valence electrons. The number of halogens is 5. The van der Waals surface area contributed by atoms with Crippen LogP contribution in [0.5, 0.6) is 11.5 Å². The summed E-state index contributed by atoms with van der Waals surface area (Å²) in [6.45, 7) is 4.12. The predicted octanol–water partition coefficient (Wildman–Crippen LogP) is 4.94. The maximum absolute atomic E-state index is 13.8. The summed E-state index contributed by atoms with van der Waals surface area (Å²) >= 11 is 0. The van der Waals surface area contributed by atoms with Crippen molar-refractivity contribution in [2.75, 3.05) is 0 Å². The maximum Gasteiger partial charge on any atom is 0.306 e. The monoisotopic (exact) mass is 418 g/mol. The lowest BCUT2D eigenvalue weighted by molar-refractivity contribution is -0.154. The van der Waals surface area contributed by atoms with E-state index in [0.717, 1.165) is 6.07 Å². The molecule has 9 heteroatoms. The second-order valence-electron chi connectivity index (χ2n) is 7.22. The lowest BCUT2D eigenvalue weighted by atomic mass is 10.1. The summed E-state index contributed by atoms with van der Waals surface area (Å²) in [7, 11) is 0. The fourth-order valence-electron chi connectivity index (χ4n) is 2.44. The van der Waals surface area contributed by atoms with Gasteiger partial charge in [-0.05, 0) is 38.8 Å². The third kappa shape index (κ3) is 5.58. The Hall–Kier alpha value is -2.84. The van der Waals surface area contributed by atoms with E-state index < -0.39 is 52.8 Å². The topological polar surface area (TPSA) is 55.8 Å². The van der Waals surface area contributed by atoms with E-state index in [4.69, 9.17) is 9.47 Å². The second kappa shape index (κ2) is 8.67. The van der Waals surface area contributed by atoms with Gasteiger partial charge in [-0.15, -0.1) is 0 Å². The number of aryl methyl sites for hydroxylation is 1. The van der Waals surface area contributed by atoms with Gasteiger partial charge in [-0.2, -0.15) is 0 Å². The van der Waals surface area contributed by atoms with Gasteiger partial charge in [-0.3, -0.25) is 4.79 Å². The van der Waals surface area contributed by atoms with E-state index in [9.17, 15) is 31.9 Å². The summed E-state index contributed by atoms with van der Waals surface area (Å²) in [5.41, 5.74) is -1.46. The first-order chi connectivity index (χ1) is 13.4. The van der Waals surface area contributed by atoms with Crippen LogP contribution in [0.1, 0.15) is 38.3 Å². The first kappa shape index (κ1) is 22.4. The van der Waals surface area contributed by atoms with Crippen molar-refractivity contribution in [3.05, 3.63) is 58.4 Å². The molecular weight excluding hydrogens is 399 g/mol. The normalized spacial score (nSPS) is 11.4. The minimum atomic E-state index is -2.26. The number of esters is 1. The van der Waals surface area contributed by atoms with Crippen molar-refractivity contribution < 1.29 is 41.3 Å². The molecule has 0 aliphatic rings. The smallest absolute Gasteiger partial charge is 0.306 e. The van der Waals surface area contributed by atoms with Gasteiger partial charge in [0.25, 0.3) is 0 Å². The third-order valence-electron chi connectivity index (χ3n) is 3.74. The highest BCUT2D eigenvalue weighted by molar-refractivity contribution is 5.70. The predicted molar refractivity (Wildman–Crippen MR) is 92.8 cm³/mol.